The first-order chi connectivity index (χ1) is 8.08. The van der Waals surface area contributed by atoms with Crippen molar-refractivity contribution in [1.82, 2.24) is 0 Å². The van der Waals surface area contributed by atoms with Crippen LogP contribution in [0.5, 0.6) is 0 Å². The van der Waals surface area contributed by atoms with Crippen molar-refractivity contribution in [3.8, 4) is 0 Å². The summed E-state index contributed by atoms with van der Waals surface area (Å²) in [5.74, 6) is 0.830. The molecule has 1 heteroatoms. The number of aryl methyl sites for hydroxylation is 3. The maximum atomic E-state index is 6.35. The molecular formula is C16H23Cl. The summed E-state index contributed by atoms with van der Waals surface area (Å²) in [7, 11) is 0. The molecule has 17 heavy (non-hydrogen) atoms. The monoisotopic (exact) mass is 250 g/mol. The van der Waals surface area contributed by atoms with E-state index in [1.807, 2.05) is 0 Å². The first-order valence-corrected chi connectivity index (χ1v) is 7.22. The number of hydrogen-bond donors (Lipinski definition) is 0. The average Bonchev–Trinajstić information content (AvgIpc) is 3.04. The molecule has 0 spiro atoms. The molecule has 1 aliphatic carbocycles. The summed E-state index contributed by atoms with van der Waals surface area (Å²) < 4.78 is 0. The van der Waals surface area contributed by atoms with Gasteiger partial charge in [-0.25, -0.2) is 0 Å². The molecule has 1 fully saturated rings. The lowest BCUT2D eigenvalue weighted by Crippen LogP contribution is -2.03. The second kappa shape index (κ2) is 5.44. The molecule has 1 aromatic carbocycles. The number of hydrogen-bond acceptors (Lipinski definition) is 0. The van der Waals surface area contributed by atoms with E-state index in [-0.39, 0.29) is 0 Å². The fraction of sp³-hybridized carbons (Fsp3) is 0.625. The van der Waals surface area contributed by atoms with Gasteiger partial charge in [-0.2, -0.15) is 0 Å². The second-order valence-electron chi connectivity index (χ2n) is 5.62. The number of benzene rings is 1. The Balaban J connectivity index is 1.89. The van der Waals surface area contributed by atoms with Gasteiger partial charge in [-0.1, -0.05) is 17.7 Å². The zero-order valence-electron chi connectivity index (χ0n) is 11.2. The van der Waals surface area contributed by atoms with Crippen LogP contribution in [-0.4, -0.2) is 5.38 Å². The van der Waals surface area contributed by atoms with E-state index >= 15 is 0 Å². The van der Waals surface area contributed by atoms with Crippen molar-refractivity contribution in [3.05, 3.63) is 34.4 Å². The van der Waals surface area contributed by atoms with Crippen molar-refractivity contribution < 1.29 is 0 Å². The Morgan fingerprint density at radius 1 is 1.18 bits per heavy atom. The minimum absolute atomic E-state index is 0.432. The third-order valence-corrected chi connectivity index (χ3v) is 4.46. The number of rotatable bonds is 5. The highest BCUT2D eigenvalue weighted by atomic mass is 35.5. The van der Waals surface area contributed by atoms with Gasteiger partial charge in [0.2, 0.25) is 0 Å². The maximum Gasteiger partial charge on any atom is 0.0364 e. The van der Waals surface area contributed by atoms with E-state index < -0.39 is 0 Å². The van der Waals surface area contributed by atoms with Gasteiger partial charge in [0.15, 0.2) is 0 Å². The predicted molar refractivity (Wildman–Crippen MR) is 76.0 cm³/mol. The van der Waals surface area contributed by atoms with E-state index in [4.69, 9.17) is 11.6 Å². The molecule has 94 valence electrons. The van der Waals surface area contributed by atoms with Crippen LogP contribution in [0.1, 0.15) is 47.9 Å². The standard InChI is InChI=1S/C16H23Cl/c1-11-9-12(2)15(13(3)10-11)5-4-6-16(17)14-7-8-14/h9-10,14,16H,4-8H2,1-3H3. The molecule has 2 rings (SSSR count). The summed E-state index contributed by atoms with van der Waals surface area (Å²) in [4.78, 5) is 0. The van der Waals surface area contributed by atoms with E-state index in [0.29, 0.717) is 5.38 Å². The summed E-state index contributed by atoms with van der Waals surface area (Å²) >= 11 is 6.35. The first kappa shape index (κ1) is 13.0. The Bertz CT molecular complexity index is 368. The number of halogens is 1. The third kappa shape index (κ3) is 3.48. The SMILES string of the molecule is Cc1cc(C)c(CCCC(Cl)C2CC2)c(C)c1. The van der Waals surface area contributed by atoms with Crippen LogP contribution in [0.25, 0.3) is 0 Å². The molecule has 0 saturated heterocycles. The Kier molecular flexibility index (Phi) is 4.14. The van der Waals surface area contributed by atoms with Gasteiger partial charge in [0.25, 0.3) is 0 Å². The van der Waals surface area contributed by atoms with Gasteiger partial charge in [0.05, 0.1) is 0 Å². The topological polar surface area (TPSA) is 0 Å². The molecule has 0 nitrogen and oxygen atoms in total. The summed E-state index contributed by atoms with van der Waals surface area (Å²) in [5, 5.41) is 0.432. The molecule has 0 aliphatic heterocycles. The van der Waals surface area contributed by atoms with Gasteiger partial charge in [-0.05, 0) is 75.5 Å². The maximum absolute atomic E-state index is 6.35. The quantitative estimate of drug-likeness (QED) is 0.649. The zero-order valence-corrected chi connectivity index (χ0v) is 12.0. The molecule has 0 aromatic heterocycles. The number of alkyl halides is 1. The first-order valence-electron chi connectivity index (χ1n) is 6.78. The largest absolute Gasteiger partial charge is 0.123 e. The third-order valence-electron chi connectivity index (χ3n) is 3.88. The highest BCUT2D eigenvalue weighted by Gasteiger charge is 2.28. The molecule has 0 bridgehead atoms. The minimum Gasteiger partial charge on any atom is -0.123 e. The van der Waals surface area contributed by atoms with Crippen molar-refractivity contribution in [1.29, 1.82) is 0 Å². The minimum atomic E-state index is 0.432. The zero-order chi connectivity index (χ0) is 12.4. The van der Waals surface area contributed by atoms with E-state index in [9.17, 15) is 0 Å². The summed E-state index contributed by atoms with van der Waals surface area (Å²) in [5.41, 5.74) is 5.80. The van der Waals surface area contributed by atoms with E-state index in [0.717, 1.165) is 5.92 Å². The van der Waals surface area contributed by atoms with Gasteiger partial charge < -0.3 is 0 Å². The molecule has 1 unspecified atom stereocenters. The normalized spacial score (nSPS) is 17.2. The molecule has 1 atom stereocenters. The van der Waals surface area contributed by atoms with Crippen molar-refractivity contribution >= 4 is 11.6 Å². The van der Waals surface area contributed by atoms with Gasteiger partial charge >= 0.3 is 0 Å². The van der Waals surface area contributed by atoms with Gasteiger partial charge in [-0.15, -0.1) is 11.6 Å². The van der Waals surface area contributed by atoms with Crippen LogP contribution >= 0.6 is 11.6 Å². The Morgan fingerprint density at radius 2 is 1.76 bits per heavy atom. The van der Waals surface area contributed by atoms with Crippen molar-refractivity contribution in [2.24, 2.45) is 5.92 Å². The summed E-state index contributed by atoms with van der Waals surface area (Å²) in [6.07, 6.45) is 6.32. The molecular weight excluding hydrogens is 228 g/mol. The molecule has 1 aliphatic rings. The van der Waals surface area contributed by atoms with Crippen LogP contribution in [0.3, 0.4) is 0 Å². The van der Waals surface area contributed by atoms with Crippen LogP contribution < -0.4 is 0 Å². The molecule has 1 saturated carbocycles. The highest BCUT2D eigenvalue weighted by molar-refractivity contribution is 6.20. The molecule has 1 aromatic rings. The van der Waals surface area contributed by atoms with E-state index in [1.165, 1.54) is 54.4 Å². The highest BCUT2D eigenvalue weighted by Crippen LogP contribution is 2.37. The summed E-state index contributed by atoms with van der Waals surface area (Å²) in [6, 6.07) is 4.59. The van der Waals surface area contributed by atoms with Crippen molar-refractivity contribution in [2.75, 3.05) is 0 Å². The van der Waals surface area contributed by atoms with Crippen molar-refractivity contribution in [2.45, 2.75) is 58.3 Å². The fourth-order valence-electron chi connectivity index (χ4n) is 2.77. The van der Waals surface area contributed by atoms with Gasteiger partial charge in [0.1, 0.15) is 0 Å². The molecule has 0 heterocycles. The Labute approximate surface area is 110 Å². The van der Waals surface area contributed by atoms with E-state index in [1.54, 1.807) is 0 Å². The molecule has 0 radical (unpaired) electrons. The molecule has 0 amide bonds. The van der Waals surface area contributed by atoms with Crippen molar-refractivity contribution in [3.63, 3.8) is 0 Å². The smallest absolute Gasteiger partial charge is 0.0364 e. The van der Waals surface area contributed by atoms with Crippen LogP contribution in [-0.2, 0) is 6.42 Å². The molecule has 0 N–H and O–H groups in total. The lowest BCUT2D eigenvalue weighted by Gasteiger charge is -2.12. The van der Waals surface area contributed by atoms with Crippen LogP contribution in [0, 0.1) is 26.7 Å². The lowest BCUT2D eigenvalue weighted by molar-refractivity contribution is 0.635. The fourth-order valence-corrected chi connectivity index (χ4v) is 3.18. The average molecular weight is 251 g/mol. The van der Waals surface area contributed by atoms with E-state index in [2.05, 4.69) is 32.9 Å². The van der Waals surface area contributed by atoms with Gasteiger partial charge in [-0.3, -0.25) is 0 Å². The Hall–Kier alpha value is -0.490. The van der Waals surface area contributed by atoms with Crippen LogP contribution in [0.4, 0.5) is 0 Å². The lowest BCUT2D eigenvalue weighted by atomic mass is 9.95. The predicted octanol–water partition coefficient (Wildman–Crippen LogP) is 4.95. The van der Waals surface area contributed by atoms with Gasteiger partial charge in [0, 0.05) is 5.38 Å². The summed E-state index contributed by atoms with van der Waals surface area (Å²) in [6.45, 7) is 6.63. The second-order valence-corrected chi connectivity index (χ2v) is 6.18. The Morgan fingerprint density at radius 3 is 2.29 bits per heavy atom. The van der Waals surface area contributed by atoms with Crippen LogP contribution in [0.2, 0.25) is 0 Å². The van der Waals surface area contributed by atoms with Crippen LogP contribution in [0.15, 0.2) is 12.1 Å².